The summed E-state index contributed by atoms with van der Waals surface area (Å²) in [4.78, 5) is 19.2. The highest BCUT2D eigenvalue weighted by atomic mass is 35.5. The van der Waals surface area contributed by atoms with Gasteiger partial charge in [0.15, 0.2) is 10.7 Å². The van der Waals surface area contributed by atoms with Gasteiger partial charge in [-0.3, -0.25) is 9.59 Å². The van der Waals surface area contributed by atoms with Gasteiger partial charge in [0.1, 0.15) is 0 Å². The van der Waals surface area contributed by atoms with Crippen LogP contribution in [0.3, 0.4) is 0 Å². The summed E-state index contributed by atoms with van der Waals surface area (Å²) in [6, 6.07) is 0. The Morgan fingerprint density at radius 2 is 2.22 bits per heavy atom. The lowest BCUT2D eigenvalue weighted by molar-refractivity contribution is -0.118. The normalized spacial score (nSPS) is 16.3. The van der Waals surface area contributed by atoms with Crippen molar-refractivity contribution in [2.24, 2.45) is 0 Å². The first kappa shape index (κ1) is 8.63. The summed E-state index contributed by atoms with van der Waals surface area (Å²) < 4.78 is 0. The van der Waals surface area contributed by atoms with E-state index in [1.165, 1.54) is 13.2 Å². The van der Waals surface area contributed by atoms with Gasteiger partial charge in [-0.2, -0.15) is 0 Å². The highest BCUT2D eigenvalue weighted by Gasteiger charge is 2.30. The van der Waals surface area contributed by atoms with E-state index >= 15 is 0 Å². The van der Waals surface area contributed by atoms with Crippen LogP contribution in [0.5, 0.6) is 0 Å². The molecule has 0 aliphatic carbocycles. The highest BCUT2D eigenvalue weighted by Crippen LogP contribution is 2.16. The lowest BCUT2D eigenvalue weighted by Crippen LogP contribution is -2.30. The van der Waals surface area contributed by atoms with Gasteiger partial charge in [0, 0.05) is 0 Å². The van der Waals surface area contributed by atoms with Crippen molar-refractivity contribution in [2.75, 3.05) is 0 Å². The number of hydrogen-bond donors (Lipinski definition) is 0. The zero-order valence-corrected chi connectivity index (χ0v) is 6.16. The van der Waals surface area contributed by atoms with E-state index in [-0.39, 0.29) is 5.78 Å². The topological polar surface area (TPSA) is 34.1 Å². The van der Waals surface area contributed by atoms with Gasteiger partial charge < -0.3 is 0 Å². The Morgan fingerprint density at radius 3 is 2.22 bits per heavy atom. The van der Waals surface area contributed by atoms with Gasteiger partial charge in [-0.15, -0.1) is 11.6 Å². The van der Waals surface area contributed by atoms with Crippen LogP contribution in [0, 0.1) is 0 Å². The van der Waals surface area contributed by atoms with Crippen molar-refractivity contribution in [3.05, 3.63) is 0 Å². The molecule has 0 rings (SSSR count). The maximum atomic E-state index is 10.5. The van der Waals surface area contributed by atoms with E-state index in [0.29, 0.717) is 6.42 Å². The third kappa shape index (κ3) is 1.79. The van der Waals surface area contributed by atoms with E-state index < -0.39 is 4.87 Å². The largest absolute Gasteiger partial charge is 0.298 e. The molecule has 1 atom stereocenters. The predicted molar refractivity (Wildman–Crippen MR) is 35.2 cm³/mol. The monoisotopic (exact) mass is 147 g/mol. The maximum absolute atomic E-state index is 10.5. The molecule has 0 bridgehead atoms. The van der Waals surface area contributed by atoms with Crippen molar-refractivity contribution < 1.29 is 9.59 Å². The number of rotatable bonds is 3. The third-order valence-corrected chi connectivity index (χ3v) is 1.82. The summed E-state index contributed by atoms with van der Waals surface area (Å²) in [5.74, 6) is -0.346. The van der Waals surface area contributed by atoms with E-state index in [4.69, 9.17) is 11.6 Å². The Hall–Kier alpha value is -0.370. The van der Waals surface area contributed by atoms with E-state index in [2.05, 4.69) is 0 Å². The van der Waals surface area contributed by atoms with Gasteiger partial charge in [0.25, 0.3) is 0 Å². The molecule has 1 radical (unpaired) electrons. The molecule has 0 saturated carbocycles. The van der Waals surface area contributed by atoms with Crippen molar-refractivity contribution in [1.82, 2.24) is 0 Å². The second-order valence-electron chi connectivity index (χ2n) is 1.81. The van der Waals surface area contributed by atoms with Gasteiger partial charge in [-0.05, 0) is 13.3 Å². The Kier molecular flexibility index (Phi) is 2.85. The number of Topliss-reactive ketones (excluding diaryl/α,β-unsaturated/α-hetero) is 1. The Morgan fingerprint density at radius 1 is 1.78 bits per heavy atom. The molecule has 0 aliphatic rings. The summed E-state index contributed by atoms with van der Waals surface area (Å²) in [5, 5.41) is 0. The first-order valence-electron chi connectivity index (χ1n) is 2.66. The second-order valence-corrected chi connectivity index (χ2v) is 2.46. The fourth-order valence-corrected chi connectivity index (χ4v) is 0.393. The van der Waals surface area contributed by atoms with Crippen molar-refractivity contribution in [1.29, 1.82) is 0 Å². The molecule has 0 saturated heterocycles. The number of carbonyl (C=O) groups is 1. The molecular formula is C6H8ClO2. The Bertz CT molecular complexity index is 133. The van der Waals surface area contributed by atoms with Crippen molar-refractivity contribution in [3.8, 4) is 0 Å². The maximum Gasteiger partial charge on any atom is 0.229 e. The number of halogens is 1. The average Bonchev–Trinajstić information content (AvgIpc) is 1.86. The van der Waals surface area contributed by atoms with Crippen molar-refractivity contribution >= 4 is 23.7 Å². The van der Waals surface area contributed by atoms with Crippen molar-refractivity contribution in [3.63, 3.8) is 0 Å². The summed E-state index contributed by atoms with van der Waals surface area (Å²) in [5.41, 5.74) is 0. The molecule has 3 heteroatoms. The van der Waals surface area contributed by atoms with Gasteiger partial charge in [-0.1, -0.05) is 6.92 Å². The van der Waals surface area contributed by atoms with Crippen LogP contribution in [0.25, 0.3) is 0 Å². The second kappa shape index (κ2) is 2.97. The van der Waals surface area contributed by atoms with E-state index in [1.807, 2.05) is 0 Å². The van der Waals surface area contributed by atoms with Gasteiger partial charge in [0.2, 0.25) is 6.29 Å². The SMILES string of the molecule is CCC(Cl)([C]=O)C(C)=O. The van der Waals surface area contributed by atoms with Crippen LogP contribution in [0.15, 0.2) is 0 Å². The standard InChI is InChI=1S/C6H8ClO2/c1-3-6(7,4-8)5(2)9/h3H2,1-2H3. The van der Waals surface area contributed by atoms with E-state index in [9.17, 15) is 9.59 Å². The first-order chi connectivity index (χ1) is 4.06. The molecule has 0 amide bonds. The molecule has 0 N–H and O–H groups in total. The van der Waals surface area contributed by atoms with Crippen LogP contribution >= 0.6 is 11.6 Å². The molecule has 1 unspecified atom stereocenters. The van der Waals surface area contributed by atoms with Crippen LogP contribution in [-0.4, -0.2) is 16.9 Å². The lowest BCUT2D eigenvalue weighted by atomic mass is 10.0. The zero-order chi connectivity index (χ0) is 7.49. The van der Waals surface area contributed by atoms with Crippen LogP contribution in [0.1, 0.15) is 20.3 Å². The first-order valence-corrected chi connectivity index (χ1v) is 3.04. The molecule has 0 aliphatic heterocycles. The number of ketones is 1. The summed E-state index contributed by atoms with van der Waals surface area (Å²) >= 11 is 5.47. The Labute approximate surface area is 59.2 Å². The molecule has 0 heterocycles. The minimum atomic E-state index is -1.39. The molecule has 2 nitrogen and oxygen atoms in total. The average molecular weight is 148 g/mol. The molecule has 0 aromatic carbocycles. The Balaban J connectivity index is 4.27. The van der Waals surface area contributed by atoms with E-state index in [0.717, 1.165) is 0 Å². The predicted octanol–water partition coefficient (Wildman–Crippen LogP) is 1.07. The smallest absolute Gasteiger partial charge is 0.229 e. The molecule has 0 aromatic heterocycles. The molecular weight excluding hydrogens is 140 g/mol. The van der Waals surface area contributed by atoms with Crippen LogP contribution in [0.4, 0.5) is 0 Å². The van der Waals surface area contributed by atoms with E-state index in [1.54, 1.807) is 6.92 Å². The van der Waals surface area contributed by atoms with Crippen LogP contribution < -0.4 is 0 Å². The van der Waals surface area contributed by atoms with Gasteiger partial charge in [0.05, 0.1) is 0 Å². The number of hydrogen-bond acceptors (Lipinski definition) is 2. The molecule has 9 heavy (non-hydrogen) atoms. The zero-order valence-electron chi connectivity index (χ0n) is 5.40. The summed E-state index contributed by atoms with van der Waals surface area (Å²) in [7, 11) is 0. The molecule has 51 valence electrons. The van der Waals surface area contributed by atoms with Crippen molar-refractivity contribution in [2.45, 2.75) is 25.1 Å². The highest BCUT2D eigenvalue weighted by molar-refractivity contribution is 6.43. The van der Waals surface area contributed by atoms with Gasteiger partial charge >= 0.3 is 0 Å². The fourth-order valence-electron chi connectivity index (χ4n) is 0.393. The minimum absolute atomic E-state index is 0.299. The number of alkyl halides is 1. The minimum Gasteiger partial charge on any atom is -0.298 e. The fraction of sp³-hybridized carbons (Fsp3) is 0.667. The molecule has 0 fully saturated rings. The summed E-state index contributed by atoms with van der Waals surface area (Å²) in [6.07, 6.45) is 1.79. The summed E-state index contributed by atoms with van der Waals surface area (Å²) in [6.45, 7) is 2.95. The quantitative estimate of drug-likeness (QED) is 0.442. The number of carbonyl (C=O) groups excluding carboxylic acids is 2. The third-order valence-electron chi connectivity index (χ3n) is 1.21. The van der Waals surface area contributed by atoms with Crippen LogP contribution in [-0.2, 0) is 9.59 Å². The van der Waals surface area contributed by atoms with Gasteiger partial charge in [-0.25, -0.2) is 0 Å². The molecule has 0 aromatic rings. The molecule has 0 spiro atoms. The lowest BCUT2D eigenvalue weighted by Gasteiger charge is -2.10. The van der Waals surface area contributed by atoms with Crippen LogP contribution in [0.2, 0.25) is 0 Å².